The number of hydrogen-bond acceptors (Lipinski definition) is 4. The van der Waals surface area contributed by atoms with E-state index >= 15 is 0 Å². The molecule has 25 heavy (non-hydrogen) atoms. The molecule has 5 nitrogen and oxygen atoms in total. The molecule has 0 spiro atoms. The zero-order chi connectivity index (χ0) is 17.6. The number of nitrogens with zero attached hydrogens (tertiary/aromatic N) is 2. The Morgan fingerprint density at radius 3 is 2.64 bits per heavy atom. The molecule has 5 heteroatoms. The fourth-order valence-electron chi connectivity index (χ4n) is 3.02. The number of nitrogens with one attached hydrogen (secondary N) is 1. The highest BCUT2D eigenvalue weighted by Gasteiger charge is 2.17. The van der Waals surface area contributed by atoms with E-state index in [4.69, 9.17) is 4.74 Å². The molecule has 132 valence electrons. The third-order valence-electron chi connectivity index (χ3n) is 4.75. The summed E-state index contributed by atoms with van der Waals surface area (Å²) in [6.45, 7) is 4.83. The molecule has 1 fully saturated rings. The van der Waals surface area contributed by atoms with E-state index in [0.29, 0.717) is 12.1 Å². The molecule has 0 radical (unpaired) electrons. The third kappa shape index (κ3) is 4.50. The van der Waals surface area contributed by atoms with E-state index in [1.54, 1.807) is 13.3 Å². The van der Waals surface area contributed by atoms with Crippen LogP contribution >= 0.6 is 0 Å². The van der Waals surface area contributed by atoms with E-state index in [9.17, 15) is 4.79 Å². The SMILES string of the molecule is COc1ccc(CNC(=O)c2cncc(N3CCC(C)CC3)c2)cc1. The van der Waals surface area contributed by atoms with Gasteiger partial charge in [-0.25, -0.2) is 0 Å². The molecule has 2 heterocycles. The van der Waals surface area contributed by atoms with Gasteiger partial charge in [0.25, 0.3) is 5.91 Å². The van der Waals surface area contributed by atoms with Crippen molar-refractivity contribution in [2.75, 3.05) is 25.1 Å². The van der Waals surface area contributed by atoms with Crippen LogP contribution in [0.25, 0.3) is 0 Å². The summed E-state index contributed by atoms with van der Waals surface area (Å²) in [6.07, 6.45) is 5.84. The standard InChI is InChI=1S/C20H25N3O2/c1-15-7-9-23(10-8-15)18-11-17(13-21-14-18)20(24)22-12-16-3-5-19(25-2)6-4-16/h3-6,11,13-15H,7-10,12H2,1-2H3,(H,22,24). The largest absolute Gasteiger partial charge is 0.497 e. The zero-order valence-corrected chi connectivity index (χ0v) is 14.9. The molecule has 0 atom stereocenters. The summed E-state index contributed by atoms with van der Waals surface area (Å²) in [5.41, 5.74) is 2.66. The highest BCUT2D eigenvalue weighted by molar-refractivity contribution is 5.94. The van der Waals surface area contributed by atoms with Gasteiger partial charge in [-0.3, -0.25) is 9.78 Å². The lowest BCUT2D eigenvalue weighted by Gasteiger charge is -2.32. The monoisotopic (exact) mass is 339 g/mol. The molecule has 1 amide bonds. The first-order valence-corrected chi connectivity index (χ1v) is 8.77. The Hall–Kier alpha value is -2.56. The predicted octanol–water partition coefficient (Wildman–Crippen LogP) is 3.26. The normalized spacial score (nSPS) is 15.0. The Labute approximate surface area is 149 Å². The number of pyridine rings is 1. The number of anilines is 1. The molecule has 1 aromatic heterocycles. The number of carbonyl (C=O) groups is 1. The van der Waals surface area contributed by atoms with E-state index in [2.05, 4.69) is 22.1 Å². The van der Waals surface area contributed by atoms with Crippen molar-refractivity contribution < 1.29 is 9.53 Å². The Morgan fingerprint density at radius 2 is 1.96 bits per heavy atom. The summed E-state index contributed by atoms with van der Waals surface area (Å²) in [7, 11) is 1.64. The maximum absolute atomic E-state index is 12.4. The van der Waals surface area contributed by atoms with Crippen molar-refractivity contribution in [2.24, 2.45) is 5.92 Å². The number of methoxy groups -OCH3 is 1. The van der Waals surface area contributed by atoms with Crippen LogP contribution in [0.2, 0.25) is 0 Å². The van der Waals surface area contributed by atoms with Crippen LogP contribution in [0.5, 0.6) is 5.75 Å². The number of hydrogen-bond donors (Lipinski definition) is 1. The Kier molecular flexibility index (Phi) is 5.53. The molecule has 1 N–H and O–H groups in total. The van der Waals surface area contributed by atoms with Crippen molar-refractivity contribution in [2.45, 2.75) is 26.3 Å². The lowest BCUT2D eigenvalue weighted by molar-refractivity contribution is 0.0950. The topological polar surface area (TPSA) is 54.5 Å². The van der Waals surface area contributed by atoms with Gasteiger partial charge < -0.3 is 15.0 Å². The summed E-state index contributed by atoms with van der Waals surface area (Å²) in [6, 6.07) is 9.61. The average molecular weight is 339 g/mol. The smallest absolute Gasteiger partial charge is 0.253 e. The summed E-state index contributed by atoms with van der Waals surface area (Å²) in [5, 5.41) is 2.95. The average Bonchev–Trinajstić information content (AvgIpc) is 2.67. The Bertz CT molecular complexity index is 707. The predicted molar refractivity (Wildman–Crippen MR) is 99.0 cm³/mol. The molecule has 0 bridgehead atoms. The van der Waals surface area contributed by atoms with Gasteiger partial charge in [0.05, 0.1) is 24.6 Å². The van der Waals surface area contributed by atoms with Gasteiger partial charge in [-0.1, -0.05) is 19.1 Å². The third-order valence-corrected chi connectivity index (χ3v) is 4.75. The molecule has 1 aromatic carbocycles. The number of amides is 1. The second-order valence-electron chi connectivity index (χ2n) is 6.63. The number of aromatic nitrogens is 1. The van der Waals surface area contributed by atoms with Crippen molar-refractivity contribution in [3.05, 3.63) is 53.9 Å². The fraction of sp³-hybridized carbons (Fsp3) is 0.400. The minimum Gasteiger partial charge on any atom is -0.497 e. The van der Waals surface area contributed by atoms with Crippen LogP contribution in [-0.4, -0.2) is 31.1 Å². The molecule has 1 aliphatic rings. The summed E-state index contributed by atoms with van der Waals surface area (Å²) >= 11 is 0. The van der Waals surface area contributed by atoms with Gasteiger partial charge >= 0.3 is 0 Å². The van der Waals surface area contributed by atoms with Crippen LogP contribution in [-0.2, 0) is 6.54 Å². The molecule has 3 rings (SSSR count). The molecule has 0 aliphatic carbocycles. The van der Waals surface area contributed by atoms with Gasteiger partial charge in [0.1, 0.15) is 5.75 Å². The van der Waals surface area contributed by atoms with Crippen LogP contribution in [0.15, 0.2) is 42.7 Å². The summed E-state index contributed by atoms with van der Waals surface area (Å²) in [5.74, 6) is 1.48. The van der Waals surface area contributed by atoms with Gasteiger partial charge in [0.15, 0.2) is 0 Å². The number of benzene rings is 1. The number of rotatable bonds is 5. The molecule has 0 saturated carbocycles. The van der Waals surface area contributed by atoms with Crippen LogP contribution in [0, 0.1) is 5.92 Å². The van der Waals surface area contributed by atoms with Gasteiger partial charge in [-0.05, 0) is 42.5 Å². The highest BCUT2D eigenvalue weighted by Crippen LogP contribution is 2.23. The van der Waals surface area contributed by atoms with E-state index in [1.165, 1.54) is 12.8 Å². The van der Waals surface area contributed by atoms with E-state index in [-0.39, 0.29) is 5.91 Å². The summed E-state index contributed by atoms with van der Waals surface area (Å²) in [4.78, 5) is 19.0. The maximum atomic E-state index is 12.4. The number of piperidine rings is 1. The minimum atomic E-state index is -0.101. The van der Waals surface area contributed by atoms with Gasteiger partial charge in [-0.2, -0.15) is 0 Å². The van der Waals surface area contributed by atoms with Crippen LogP contribution in [0.4, 0.5) is 5.69 Å². The molecular weight excluding hydrogens is 314 g/mol. The van der Waals surface area contributed by atoms with Crippen LogP contribution in [0.1, 0.15) is 35.7 Å². The second kappa shape index (κ2) is 8.01. The van der Waals surface area contributed by atoms with Crippen molar-refractivity contribution in [1.29, 1.82) is 0 Å². The quantitative estimate of drug-likeness (QED) is 0.908. The van der Waals surface area contributed by atoms with Crippen LogP contribution < -0.4 is 15.0 Å². The highest BCUT2D eigenvalue weighted by atomic mass is 16.5. The van der Waals surface area contributed by atoms with Crippen molar-refractivity contribution in [3.63, 3.8) is 0 Å². The zero-order valence-electron chi connectivity index (χ0n) is 14.9. The first-order chi connectivity index (χ1) is 12.2. The fourth-order valence-corrected chi connectivity index (χ4v) is 3.02. The lowest BCUT2D eigenvalue weighted by Crippen LogP contribution is -2.33. The Morgan fingerprint density at radius 1 is 1.24 bits per heavy atom. The molecule has 2 aromatic rings. The van der Waals surface area contributed by atoms with Gasteiger partial charge in [0.2, 0.25) is 0 Å². The second-order valence-corrected chi connectivity index (χ2v) is 6.63. The first-order valence-electron chi connectivity index (χ1n) is 8.77. The molecular formula is C20H25N3O2. The van der Waals surface area contributed by atoms with Gasteiger partial charge in [-0.15, -0.1) is 0 Å². The Balaban J connectivity index is 1.60. The summed E-state index contributed by atoms with van der Waals surface area (Å²) < 4.78 is 5.14. The molecule has 1 aliphatic heterocycles. The van der Waals surface area contributed by atoms with E-state index in [0.717, 1.165) is 36.0 Å². The van der Waals surface area contributed by atoms with E-state index < -0.39 is 0 Å². The molecule has 1 saturated heterocycles. The molecule has 0 unspecified atom stereocenters. The van der Waals surface area contributed by atoms with Crippen LogP contribution in [0.3, 0.4) is 0 Å². The van der Waals surface area contributed by atoms with Gasteiger partial charge in [0, 0.05) is 25.8 Å². The number of ether oxygens (including phenoxy) is 1. The van der Waals surface area contributed by atoms with Crippen molar-refractivity contribution in [3.8, 4) is 5.75 Å². The van der Waals surface area contributed by atoms with Crippen molar-refractivity contribution >= 4 is 11.6 Å². The number of carbonyl (C=O) groups excluding carboxylic acids is 1. The lowest BCUT2D eigenvalue weighted by atomic mass is 9.99. The first kappa shape index (κ1) is 17.3. The van der Waals surface area contributed by atoms with Crippen molar-refractivity contribution in [1.82, 2.24) is 10.3 Å². The van der Waals surface area contributed by atoms with E-state index in [1.807, 2.05) is 36.5 Å². The minimum absolute atomic E-state index is 0.101. The maximum Gasteiger partial charge on any atom is 0.253 e.